The monoisotopic (exact) mass is 1160 g/mol. The van der Waals surface area contributed by atoms with Crippen LogP contribution in [-0.2, 0) is 23.8 Å². The lowest BCUT2D eigenvalue weighted by atomic mass is 9.99. The largest absolute Gasteiger partial charge is 0.466 e. The van der Waals surface area contributed by atoms with Gasteiger partial charge < -0.3 is 45.1 Å². The molecule has 82 heavy (non-hydrogen) atoms. The molecule has 0 aromatic carbocycles. The van der Waals surface area contributed by atoms with Crippen LogP contribution in [0.3, 0.4) is 0 Å². The molecule has 0 aromatic heterocycles. The lowest BCUT2D eigenvalue weighted by Crippen LogP contribution is -2.60. The molecule has 7 atom stereocenters. The molecule has 0 radical (unpaired) electrons. The van der Waals surface area contributed by atoms with Gasteiger partial charge in [-0.05, 0) is 32.1 Å². The zero-order valence-corrected chi connectivity index (χ0v) is 54.0. The van der Waals surface area contributed by atoms with Crippen LogP contribution < -0.4 is 5.32 Å². The molecule has 1 fully saturated rings. The average molecular weight is 1160 g/mol. The third-order valence-electron chi connectivity index (χ3n) is 17.4. The number of ether oxygens (including phenoxy) is 3. The van der Waals surface area contributed by atoms with Crippen molar-refractivity contribution in [3.63, 3.8) is 0 Å². The number of aliphatic hydroxyl groups excluding tert-OH is 5. The van der Waals surface area contributed by atoms with Gasteiger partial charge in [0.2, 0.25) is 5.91 Å². The maximum absolute atomic E-state index is 13.0. The molecule has 0 spiro atoms. The maximum Gasteiger partial charge on any atom is 0.305 e. The smallest absolute Gasteiger partial charge is 0.305 e. The summed E-state index contributed by atoms with van der Waals surface area (Å²) in [6, 6.07) is -0.805. The Balaban J connectivity index is 1.92. The molecule has 1 aliphatic rings. The molecule has 6 N–H and O–H groups in total. The highest BCUT2D eigenvalue weighted by molar-refractivity contribution is 5.76. The van der Waals surface area contributed by atoms with Gasteiger partial charge in [0.1, 0.15) is 24.4 Å². The number of amides is 1. The molecule has 1 rings (SSSR count). The van der Waals surface area contributed by atoms with E-state index < -0.39 is 49.5 Å². The van der Waals surface area contributed by atoms with Gasteiger partial charge in [0.15, 0.2) is 6.29 Å². The lowest BCUT2D eigenvalue weighted by Gasteiger charge is -2.40. The van der Waals surface area contributed by atoms with E-state index >= 15 is 0 Å². The van der Waals surface area contributed by atoms with Crippen molar-refractivity contribution in [1.82, 2.24) is 5.32 Å². The normalized spacial score (nSPS) is 18.2. The molecule has 1 amide bonds. The van der Waals surface area contributed by atoms with Crippen LogP contribution in [0.5, 0.6) is 0 Å². The second-order valence-corrected chi connectivity index (χ2v) is 25.3. The first-order valence-electron chi connectivity index (χ1n) is 36.0. The summed E-state index contributed by atoms with van der Waals surface area (Å²) in [5, 5.41) is 54.4. The van der Waals surface area contributed by atoms with Gasteiger partial charge in [0.25, 0.3) is 0 Å². The molecule has 0 bridgehead atoms. The molecule has 0 aliphatic carbocycles. The van der Waals surface area contributed by atoms with Crippen LogP contribution in [0, 0.1) is 0 Å². The highest BCUT2D eigenvalue weighted by Crippen LogP contribution is 2.24. The molecular weight excluding hydrogens is 1030 g/mol. The molecule has 1 heterocycles. The molecule has 486 valence electrons. The van der Waals surface area contributed by atoms with Crippen molar-refractivity contribution < 1.29 is 49.3 Å². The first-order valence-corrected chi connectivity index (χ1v) is 36.0. The molecule has 1 aliphatic heterocycles. The Morgan fingerprint density at radius 2 is 0.768 bits per heavy atom. The highest BCUT2D eigenvalue weighted by Gasteiger charge is 2.44. The van der Waals surface area contributed by atoms with Crippen molar-refractivity contribution in [3.05, 3.63) is 12.2 Å². The number of rotatable bonds is 64. The third-order valence-corrected chi connectivity index (χ3v) is 17.4. The standard InChI is InChI=1S/C71H137NO10/c1-3-5-7-9-11-13-37-41-45-49-53-57-64(74)63(62-81-71-70(79)69(78)68(77)65(61-73)82-71)72-66(75)58-54-50-46-42-39-35-33-31-29-27-25-23-21-19-17-15-16-18-20-22-24-26-28-30-32-34-36-40-44-48-52-56-60-80-67(76)59-55-51-47-43-38-14-12-10-8-6-4-2/h53,57,63-65,68-71,73-74,77-79H,3-52,54-56,58-62H2,1-2H3,(H,72,75)/b57-53+. The van der Waals surface area contributed by atoms with E-state index in [1.165, 1.54) is 289 Å². The molecule has 0 aromatic rings. The molecule has 7 unspecified atom stereocenters. The minimum atomic E-state index is -1.57. The number of aliphatic hydroxyl groups is 5. The quantitative estimate of drug-likeness (QED) is 0.0195. The van der Waals surface area contributed by atoms with Gasteiger partial charge >= 0.3 is 5.97 Å². The van der Waals surface area contributed by atoms with Crippen molar-refractivity contribution in [2.24, 2.45) is 0 Å². The van der Waals surface area contributed by atoms with E-state index in [1.54, 1.807) is 6.08 Å². The summed E-state index contributed by atoms with van der Waals surface area (Å²) in [6.07, 6.45) is 65.0. The number of carbonyl (C=O) groups is 2. The van der Waals surface area contributed by atoms with E-state index in [1.807, 2.05) is 6.08 Å². The zero-order valence-electron chi connectivity index (χ0n) is 54.0. The number of hydrogen-bond acceptors (Lipinski definition) is 10. The van der Waals surface area contributed by atoms with Gasteiger partial charge in [-0.2, -0.15) is 0 Å². The Hall–Kier alpha value is -1.60. The third kappa shape index (κ3) is 49.5. The Morgan fingerprint density at radius 1 is 0.439 bits per heavy atom. The molecule has 11 heteroatoms. The number of esters is 1. The predicted octanol–water partition coefficient (Wildman–Crippen LogP) is 18.2. The van der Waals surface area contributed by atoms with Crippen molar-refractivity contribution in [1.29, 1.82) is 0 Å². The van der Waals surface area contributed by atoms with Crippen molar-refractivity contribution in [2.45, 2.75) is 410 Å². The summed E-state index contributed by atoms with van der Waals surface area (Å²) in [4.78, 5) is 25.1. The van der Waals surface area contributed by atoms with Crippen LogP contribution in [-0.4, -0.2) is 100 Å². The van der Waals surface area contributed by atoms with E-state index in [2.05, 4.69) is 19.2 Å². The van der Waals surface area contributed by atoms with E-state index in [0.29, 0.717) is 19.4 Å². The number of hydrogen-bond donors (Lipinski definition) is 6. The van der Waals surface area contributed by atoms with E-state index in [0.717, 1.165) is 51.4 Å². The van der Waals surface area contributed by atoms with Crippen molar-refractivity contribution in [3.8, 4) is 0 Å². The van der Waals surface area contributed by atoms with Crippen LogP contribution in [0.25, 0.3) is 0 Å². The van der Waals surface area contributed by atoms with Gasteiger partial charge in [-0.1, -0.05) is 334 Å². The Morgan fingerprint density at radius 3 is 1.13 bits per heavy atom. The Bertz CT molecular complexity index is 1370. The maximum atomic E-state index is 13.0. The molecule has 1 saturated heterocycles. The zero-order chi connectivity index (χ0) is 59.5. The van der Waals surface area contributed by atoms with Gasteiger partial charge in [-0.25, -0.2) is 0 Å². The summed E-state index contributed by atoms with van der Waals surface area (Å²) in [5.74, 6) is -0.162. The highest BCUT2D eigenvalue weighted by atomic mass is 16.7. The van der Waals surface area contributed by atoms with Crippen molar-refractivity contribution >= 4 is 11.9 Å². The minimum absolute atomic E-state index is 0.0140. The summed E-state index contributed by atoms with van der Waals surface area (Å²) in [7, 11) is 0. The van der Waals surface area contributed by atoms with Crippen LogP contribution in [0.2, 0.25) is 0 Å². The predicted molar refractivity (Wildman–Crippen MR) is 343 cm³/mol. The van der Waals surface area contributed by atoms with Gasteiger partial charge in [-0.15, -0.1) is 0 Å². The van der Waals surface area contributed by atoms with Crippen LogP contribution >= 0.6 is 0 Å². The van der Waals surface area contributed by atoms with Crippen LogP contribution in [0.1, 0.15) is 367 Å². The number of unbranched alkanes of at least 4 members (excludes halogenated alkanes) is 50. The van der Waals surface area contributed by atoms with Gasteiger partial charge in [0.05, 0.1) is 32.0 Å². The van der Waals surface area contributed by atoms with Gasteiger partial charge in [-0.3, -0.25) is 9.59 Å². The topological polar surface area (TPSA) is 175 Å². The minimum Gasteiger partial charge on any atom is -0.466 e. The van der Waals surface area contributed by atoms with E-state index in [9.17, 15) is 35.1 Å². The first kappa shape index (κ1) is 78.4. The SMILES string of the molecule is CCCCCCCCCCC/C=C/C(O)C(COC1OC(CO)C(O)C(O)C1O)NC(=O)CCCCCCCCCCCCCCCCCCCCCCCCCCCCCCCCCCOC(=O)CCCCCCCCCCCCC. The number of allylic oxidation sites excluding steroid dienone is 1. The Kier molecular flexibility index (Phi) is 58.4. The van der Waals surface area contributed by atoms with Crippen molar-refractivity contribution in [2.75, 3.05) is 19.8 Å². The van der Waals surface area contributed by atoms with Gasteiger partial charge in [0, 0.05) is 12.8 Å². The van der Waals surface area contributed by atoms with Crippen LogP contribution in [0.15, 0.2) is 12.2 Å². The molecular formula is C71H137NO10. The second-order valence-electron chi connectivity index (χ2n) is 25.3. The number of carbonyl (C=O) groups excluding carboxylic acids is 2. The molecule has 11 nitrogen and oxygen atoms in total. The Labute approximate surface area is 506 Å². The summed E-state index contributed by atoms with van der Waals surface area (Å²) in [6.45, 7) is 4.38. The fraction of sp³-hybridized carbons (Fsp3) is 0.944. The molecule has 0 saturated carbocycles. The first-order chi connectivity index (χ1) is 40.2. The second kappa shape index (κ2) is 61.1. The fourth-order valence-electron chi connectivity index (χ4n) is 11.7. The summed E-state index contributed by atoms with van der Waals surface area (Å²) in [5.41, 5.74) is 0. The average Bonchev–Trinajstić information content (AvgIpc) is 3.68. The summed E-state index contributed by atoms with van der Waals surface area (Å²) < 4.78 is 16.7. The summed E-state index contributed by atoms with van der Waals surface area (Å²) >= 11 is 0. The fourth-order valence-corrected chi connectivity index (χ4v) is 11.7. The van der Waals surface area contributed by atoms with E-state index in [4.69, 9.17) is 14.2 Å². The lowest BCUT2D eigenvalue weighted by molar-refractivity contribution is -0.302. The van der Waals surface area contributed by atoms with E-state index in [-0.39, 0.29) is 18.5 Å². The van der Waals surface area contributed by atoms with Crippen LogP contribution in [0.4, 0.5) is 0 Å². The number of nitrogens with one attached hydrogen (secondary N) is 1.